The second-order valence-electron chi connectivity index (χ2n) is 9.90. The van der Waals surface area contributed by atoms with Crippen molar-refractivity contribution in [2.45, 2.75) is 49.9 Å². The van der Waals surface area contributed by atoms with E-state index in [-0.39, 0.29) is 24.7 Å². The summed E-state index contributed by atoms with van der Waals surface area (Å²) in [6.45, 7) is 2.01. The van der Waals surface area contributed by atoms with Crippen LogP contribution in [-0.2, 0) is 27.4 Å². The number of carbonyl (C=O) groups is 1. The van der Waals surface area contributed by atoms with Crippen LogP contribution in [0.2, 0.25) is 0 Å². The monoisotopic (exact) mass is 554 g/mol. The molecule has 0 radical (unpaired) electrons. The second-order valence-corrected chi connectivity index (χ2v) is 11.0. The first-order valence-corrected chi connectivity index (χ1v) is 14.4. The molecule has 7 heteroatoms. The third-order valence-corrected chi connectivity index (χ3v) is 8.02. The zero-order valence-electron chi connectivity index (χ0n) is 22.5. The number of anilines is 1. The van der Waals surface area contributed by atoms with Gasteiger partial charge in [-0.15, -0.1) is 11.8 Å². The third-order valence-electron chi connectivity index (χ3n) is 6.88. The Kier molecular flexibility index (Phi) is 9.31. The normalized spacial score (nSPS) is 18.8. The number of benzene rings is 4. The van der Waals surface area contributed by atoms with Gasteiger partial charge >= 0.3 is 0 Å². The van der Waals surface area contributed by atoms with Crippen LogP contribution in [0.1, 0.15) is 48.0 Å². The number of carbonyl (C=O) groups excluding carboxylic acids is 1. The molecule has 1 aliphatic heterocycles. The zero-order valence-corrected chi connectivity index (χ0v) is 23.3. The predicted molar refractivity (Wildman–Crippen MR) is 160 cm³/mol. The van der Waals surface area contributed by atoms with Gasteiger partial charge in [0.1, 0.15) is 0 Å². The lowest BCUT2D eigenvalue weighted by Gasteiger charge is -2.36. The summed E-state index contributed by atoms with van der Waals surface area (Å²) >= 11 is 1.72. The average molecular weight is 555 g/mol. The summed E-state index contributed by atoms with van der Waals surface area (Å²) in [5.41, 5.74) is 12.8. The van der Waals surface area contributed by atoms with Crippen molar-refractivity contribution in [3.63, 3.8) is 0 Å². The van der Waals surface area contributed by atoms with E-state index in [2.05, 4.69) is 29.6 Å². The van der Waals surface area contributed by atoms with Gasteiger partial charge in [0, 0.05) is 41.8 Å². The number of amides is 1. The molecule has 1 aliphatic rings. The van der Waals surface area contributed by atoms with Crippen LogP contribution in [0.25, 0.3) is 11.1 Å². The third kappa shape index (κ3) is 7.18. The van der Waals surface area contributed by atoms with Crippen molar-refractivity contribution in [3.05, 3.63) is 119 Å². The van der Waals surface area contributed by atoms with E-state index in [0.717, 1.165) is 49.7 Å². The highest BCUT2D eigenvalue weighted by Crippen LogP contribution is 2.40. The molecule has 6 nitrogen and oxygen atoms in total. The summed E-state index contributed by atoms with van der Waals surface area (Å²) in [5.74, 6) is 0.666. The van der Waals surface area contributed by atoms with Gasteiger partial charge in [-0.2, -0.15) is 0 Å². The molecule has 0 bridgehead atoms. The molecule has 0 aromatic heterocycles. The number of rotatable bonds is 9. The van der Waals surface area contributed by atoms with Gasteiger partial charge in [-0.1, -0.05) is 60.7 Å². The van der Waals surface area contributed by atoms with Gasteiger partial charge in [-0.25, -0.2) is 0 Å². The summed E-state index contributed by atoms with van der Waals surface area (Å²) in [6.07, 6.45) is -0.0138. The molecule has 1 fully saturated rings. The van der Waals surface area contributed by atoms with E-state index < -0.39 is 6.29 Å². The molecule has 0 saturated carbocycles. The van der Waals surface area contributed by atoms with Gasteiger partial charge in [0.05, 0.1) is 18.8 Å². The van der Waals surface area contributed by atoms with Crippen molar-refractivity contribution in [2.75, 3.05) is 11.1 Å². The topological polar surface area (TPSA) is 93.8 Å². The Morgan fingerprint density at radius 3 is 2.33 bits per heavy atom. The van der Waals surface area contributed by atoms with Crippen LogP contribution in [-0.4, -0.2) is 22.9 Å². The molecule has 0 unspecified atom stereocenters. The van der Waals surface area contributed by atoms with Gasteiger partial charge in [0.2, 0.25) is 5.91 Å². The molecular formula is C33H34N2O4S. The number of hydrogen-bond acceptors (Lipinski definition) is 6. The van der Waals surface area contributed by atoms with E-state index in [0.29, 0.717) is 13.0 Å². The Morgan fingerprint density at radius 1 is 0.900 bits per heavy atom. The fourth-order valence-electron chi connectivity index (χ4n) is 4.79. The number of ether oxygens (including phenoxy) is 2. The smallest absolute Gasteiger partial charge is 0.221 e. The lowest BCUT2D eigenvalue weighted by Crippen LogP contribution is -2.31. The summed E-state index contributed by atoms with van der Waals surface area (Å²) in [4.78, 5) is 12.4. The Morgan fingerprint density at radius 2 is 1.62 bits per heavy atom. The van der Waals surface area contributed by atoms with Crippen molar-refractivity contribution in [1.82, 2.24) is 0 Å². The summed E-state index contributed by atoms with van der Waals surface area (Å²) in [7, 11) is 0. The predicted octanol–water partition coefficient (Wildman–Crippen LogP) is 6.60. The van der Waals surface area contributed by atoms with Crippen LogP contribution in [0.4, 0.5) is 5.69 Å². The molecule has 4 aromatic carbocycles. The summed E-state index contributed by atoms with van der Waals surface area (Å²) in [6, 6.07) is 32.3. The molecule has 5 rings (SSSR count). The minimum Gasteiger partial charge on any atom is -0.392 e. The number of hydrogen-bond donors (Lipinski definition) is 3. The maximum absolute atomic E-state index is 11.3. The SMILES string of the molecule is CC(=O)Nc1ccc(SC[C@@H]2C[C@H](c3ccc(CO)cc3)O[C@H](c3cccc(-c4cccc(CN)c4)c3)O2)cc1. The minimum atomic E-state index is -0.526. The van der Waals surface area contributed by atoms with E-state index in [1.54, 1.807) is 11.8 Å². The molecule has 1 heterocycles. The molecule has 4 N–H and O–H groups in total. The largest absolute Gasteiger partial charge is 0.392 e. The molecule has 206 valence electrons. The van der Waals surface area contributed by atoms with Gasteiger partial charge in [-0.05, 0) is 64.2 Å². The summed E-state index contributed by atoms with van der Waals surface area (Å²) in [5, 5.41) is 12.3. The highest BCUT2D eigenvalue weighted by Gasteiger charge is 2.32. The van der Waals surface area contributed by atoms with Crippen LogP contribution in [0.15, 0.2) is 102 Å². The Bertz CT molecular complexity index is 1430. The van der Waals surface area contributed by atoms with Gasteiger partial charge in [0.25, 0.3) is 0 Å². The molecule has 0 aliphatic carbocycles. The van der Waals surface area contributed by atoms with Crippen LogP contribution in [0.5, 0.6) is 0 Å². The first kappa shape index (κ1) is 28.1. The van der Waals surface area contributed by atoms with E-state index in [1.807, 2.05) is 72.8 Å². The van der Waals surface area contributed by atoms with Crippen molar-refractivity contribution in [2.24, 2.45) is 5.73 Å². The van der Waals surface area contributed by atoms with Crippen LogP contribution < -0.4 is 11.1 Å². The van der Waals surface area contributed by atoms with Crippen molar-refractivity contribution < 1.29 is 19.4 Å². The van der Waals surface area contributed by atoms with Crippen LogP contribution in [0.3, 0.4) is 0 Å². The lowest BCUT2D eigenvalue weighted by atomic mass is 9.99. The van der Waals surface area contributed by atoms with Crippen LogP contribution in [0, 0.1) is 0 Å². The van der Waals surface area contributed by atoms with Crippen molar-refractivity contribution >= 4 is 23.4 Å². The fourth-order valence-corrected chi connectivity index (χ4v) is 5.71. The van der Waals surface area contributed by atoms with E-state index in [1.165, 1.54) is 6.92 Å². The molecule has 40 heavy (non-hydrogen) atoms. The van der Waals surface area contributed by atoms with E-state index >= 15 is 0 Å². The van der Waals surface area contributed by atoms with Crippen LogP contribution >= 0.6 is 11.8 Å². The maximum Gasteiger partial charge on any atom is 0.221 e. The molecule has 0 spiro atoms. The molecule has 3 atom stereocenters. The van der Waals surface area contributed by atoms with Gasteiger partial charge in [0.15, 0.2) is 6.29 Å². The highest BCUT2D eigenvalue weighted by molar-refractivity contribution is 7.99. The average Bonchev–Trinajstić information content (AvgIpc) is 3.00. The van der Waals surface area contributed by atoms with Crippen molar-refractivity contribution in [3.8, 4) is 11.1 Å². The highest BCUT2D eigenvalue weighted by atomic mass is 32.2. The molecule has 1 amide bonds. The van der Waals surface area contributed by atoms with Gasteiger partial charge in [-0.3, -0.25) is 4.79 Å². The number of nitrogens with one attached hydrogen (secondary N) is 1. The van der Waals surface area contributed by atoms with Crippen molar-refractivity contribution in [1.29, 1.82) is 0 Å². The standard InChI is InChI=1S/C33H34N2O4S/c1-22(37)35-29-12-14-31(15-13-29)40-21-30-18-32(25-10-8-23(20-36)9-11-25)39-33(38-30)28-7-3-6-27(17-28)26-5-2-4-24(16-26)19-34/h2-17,30,32-33,36H,18-21,34H2,1H3,(H,35,37)/t30-,32+,33+/m0/s1. The second kappa shape index (κ2) is 13.3. The van der Waals surface area contributed by atoms with E-state index in [4.69, 9.17) is 15.2 Å². The van der Waals surface area contributed by atoms with E-state index in [9.17, 15) is 9.90 Å². The number of aliphatic hydroxyl groups excluding tert-OH is 1. The number of nitrogens with two attached hydrogens (primary N) is 1. The summed E-state index contributed by atoms with van der Waals surface area (Å²) < 4.78 is 13.1. The molecular weight excluding hydrogens is 520 g/mol. The zero-order chi connectivity index (χ0) is 27.9. The minimum absolute atomic E-state index is 0.00960. The Labute approximate surface area is 239 Å². The Hall–Kier alpha value is -3.46. The van der Waals surface area contributed by atoms with Gasteiger partial charge < -0.3 is 25.6 Å². The molecule has 4 aromatic rings. The maximum atomic E-state index is 11.3. The fraction of sp³-hybridized carbons (Fsp3) is 0.242. The first-order valence-electron chi connectivity index (χ1n) is 13.4. The first-order chi connectivity index (χ1) is 19.5. The Balaban J connectivity index is 1.36. The lowest BCUT2D eigenvalue weighted by molar-refractivity contribution is -0.245. The number of aliphatic hydroxyl groups is 1. The molecule has 1 saturated heterocycles. The quantitative estimate of drug-likeness (QED) is 0.202. The number of thioether (sulfide) groups is 1.